The summed E-state index contributed by atoms with van der Waals surface area (Å²) in [5.41, 5.74) is 4.94. The van der Waals surface area contributed by atoms with E-state index in [0.717, 1.165) is 18.4 Å². The van der Waals surface area contributed by atoms with E-state index in [2.05, 4.69) is 23.5 Å². The third-order valence-corrected chi connectivity index (χ3v) is 8.50. The highest BCUT2D eigenvalue weighted by atomic mass is 32.2. The molecule has 35 heavy (non-hydrogen) atoms. The van der Waals surface area contributed by atoms with Gasteiger partial charge in [0.05, 0.1) is 24.0 Å². The van der Waals surface area contributed by atoms with E-state index in [0.29, 0.717) is 17.0 Å². The zero-order chi connectivity index (χ0) is 24.4. The molecule has 1 amide bonds. The minimum atomic E-state index is -3.73. The molecular weight excluding hydrogens is 460 g/mol. The summed E-state index contributed by atoms with van der Waals surface area (Å²) in [6.07, 6.45) is 3.65. The largest absolute Gasteiger partial charge is 0.476 e. The number of ether oxygens (including phenoxy) is 1. The first kappa shape index (κ1) is 23.4. The van der Waals surface area contributed by atoms with Crippen molar-refractivity contribution in [3.8, 4) is 5.75 Å². The average molecular weight is 491 g/mol. The highest BCUT2D eigenvalue weighted by molar-refractivity contribution is 7.92. The Morgan fingerprint density at radius 3 is 2.51 bits per heavy atom. The predicted octanol–water partition coefficient (Wildman–Crippen LogP) is 4.54. The monoisotopic (exact) mass is 490 g/mol. The van der Waals surface area contributed by atoms with E-state index in [1.165, 1.54) is 28.3 Å². The van der Waals surface area contributed by atoms with Gasteiger partial charge in [-0.1, -0.05) is 60.7 Å². The summed E-state index contributed by atoms with van der Waals surface area (Å²) in [4.78, 5) is 13.3. The molecule has 1 heterocycles. The van der Waals surface area contributed by atoms with Gasteiger partial charge in [0.2, 0.25) is 10.0 Å². The van der Waals surface area contributed by atoms with Crippen molar-refractivity contribution in [3.63, 3.8) is 0 Å². The maximum atomic E-state index is 13.4. The Balaban J connectivity index is 1.35. The number of hydrogen-bond donors (Lipinski definition) is 1. The number of anilines is 1. The number of aryl methyl sites for hydroxylation is 2. The van der Waals surface area contributed by atoms with Gasteiger partial charge in [-0.3, -0.25) is 9.10 Å². The topological polar surface area (TPSA) is 75.7 Å². The molecule has 1 aliphatic heterocycles. The van der Waals surface area contributed by atoms with Gasteiger partial charge >= 0.3 is 0 Å². The standard InChI is InChI=1S/C28H30N2O4S/c1-20(23-16-15-22-11-5-6-12-24(22)17-23)29-28(31)27-18-30(25-13-7-8-14-26(25)34-27)35(32,33)19-21-9-3-2-4-10-21/h2-4,7-10,13-17,20,27H,5-6,11-12,18-19H2,1H3,(H,29,31)/t20-,27+/m1/s1. The van der Waals surface area contributed by atoms with Gasteiger partial charge in [0.25, 0.3) is 5.91 Å². The van der Waals surface area contributed by atoms with E-state index >= 15 is 0 Å². The number of rotatable bonds is 6. The molecule has 0 saturated carbocycles. The summed E-state index contributed by atoms with van der Waals surface area (Å²) in [7, 11) is -3.73. The predicted molar refractivity (Wildman–Crippen MR) is 137 cm³/mol. The molecule has 2 atom stereocenters. The second-order valence-electron chi connectivity index (χ2n) is 9.31. The number of nitrogens with one attached hydrogen (secondary N) is 1. The molecule has 0 fully saturated rings. The normalized spacial score (nSPS) is 18.1. The van der Waals surface area contributed by atoms with Gasteiger partial charge < -0.3 is 10.1 Å². The lowest BCUT2D eigenvalue weighted by Crippen LogP contribution is -2.51. The lowest BCUT2D eigenvalue weighted by molar-refractivity contribution is -0.128. The lowest BCUT2D eigenvalue weighted by atomic mass is 9.89. The maximum absolute atomic E-state index is 13.4. The molecule has 1 aliphatic carbocycles. The highest BCUT2D eigenvalue weighted by Gasteiger charge is 2.37. The summed E-state index contributed by atoms with van der Waals surface area (Å²) in [5.74, 6) is -0.0937. The number of para-hydroxylation sites is 2. The molecule has 5 rings (SSSR count). The van der Waals surface area contributed by atoms with Crippen LogP contribution in [0.2, 0.25) is 0 Å². The molecule has 182 valence electrons. The quantitative estimate of drug-likeness (QED) is 0.551. The summed E-state index contributed by atoms with van der Waals surface area (Å²) in [6.45, 7) is 1.87. The van der Waals surface area contributed by atoms with Crippen LogP contribution in [0.1, 0.15) is 48.1 Å². The minimum absolute atomic E-state index is 0.0745. The second-order valence-corrected chi connectivity index (χ2v) is 11.2. The lowest BCUT2D eigenvalue weighted by Gasteiger charge is -2.35. The molecule has 0 radical (unpaired) electrons. The first-order chi connectivity index (χ1) is 16.9. The van der Waals surface area contributed by atoms with Crippen molar-refractivity contribution in [1.29, 1.82) is 0 Å². The molecule has 1 N–H and O–H groups in total. The molecule has 0 saturated heterocycles. The van der Waals surface area contributed by atoms with Crippen LogP contribution in [-0.2, 0) is 33.4 Å². The van der Waals surface area contributed by atoms with Crippen LogP contribution >= 0.6 is 0 Å². The van der Waals surface area contributed by atoms with Crippen molar-refractivity contribution < 1.29 is 17.9 Å². The van der Waals surface area contributed by atoms with E-state index < -0.39 is 16.1 Å². The van der Waals surface area contributed by atoms with Gasteiger partial charge in [-0.05, 0) is 67.0 Å². The van der Waals surface area contributed by atoms with Crippen molar-refractivity contribution in [2.45, 2.75) is 50.5 Å². The first-order valence-corrected chi connectivity index (χ1v) is 13.7. The fourth-order valence-electron chi connectivity index (χ4n) is 4.88. The average Bonchev–Trinajstić information content (AvgIpc) is 2.88. The van der Waals surface area contributed by atoms with Crippen molar-refractivity contribution in [3.05, 3.63) is 95.1 Å². The Hall–Kier alpha value is -3.32. The van der Waals surface area contributed by atoms with Crippen molar-refractivity contribution >= 4 is 21.6 Å². The van der Waals surface area contributed by atoms with Crippen LogP contribution in [0.4, 0.5) is 5.69 Å². The zero-order valence-corrected chi connectivity index (χ0v) is 20.6. The highest BCUT2D eigenvalue weighted by Crippen LogP contribution is 2.36. The fraction of sp³-hybridized carbons (Fsp3) is 0.321. The summed E-state index contributed by atoms with van der Waals surface area (Å²) >= 11 is 0. The van der Waals surface area contributed by atoms with E-state index in [-0.39, 0.29) is 24.2 Å². The molecular formula is C28H30N2O4S. The third kappa shape index (κ3) is 5.05. The van der Waals surface area contributed by atoms with Crippen molar-refractivity contribution in [2.24, 2.45) is 0 Å². The number of carbonyl (C=O) groups excluding carboxylic acids is 1. The van der Waals surface area contributed by atoms with Crippen molar-refractivity contribution in [1.82, 2.24) is 5.32 Å². The number of amides is 1. The number of benzene rings is 3. The van der Waals surface area contributed by atoms with Crippen LogP contribution in [0.3, 0.4) is 0 Å². The van der Waals surface area contributed by atoms with E-state index in [1.54, 1.807) is 36.4 Å². The Bertz CT molecular complexity index is 1320. The van der Waals surface area contributed by atoms with Crippen LogP contribution in [-0.4, -0.2) is 27.0 Å². The minimum Gasteiger partial charge on any atom is -0.476 e. The second kappa shape index (κ2) is 9.74. The number of hydrogen-bond acceptors (Lipinski definition) is 4. The van der Waals surface area contributed by atoms with Gasteiger partial charge in [0.15, 0.2) is 6.10 Å². The van der Waals surface area contributed by atoms with Crippen LogP contribution in [0, 0.1) is 0 Å². The number of nitrogens with zero attached hydrogens (tertiary/aromatic N) is 1. The molecule has 3 aromatic carbocycles. The Kier molecular flexibility index (Phi) is 6.52. The SMILES string of the molecule is C[C@@H](NC(=O)[C@@H]1CN(S(=O)(=O)Cc2ccccc2)c2ccccc2O1)c1ccc2c(c1)CCCC2. The van der Waals surface area contributed by atoms with E-state index in [9.17, 15) is 13.2 Å². The Labute approximate surface area is 207 Å². The van der Waals surface area contributed by atoms with Crippen molar-refractivity contribution in [2.75, 3.05) is 10.8 Å². The Morgan fingerprint density at radius 1 is 1.00 bits per heavy atom. The third-order valence-electron chi connectivity index (χ3n) is 6.79. The Morgan fingerprint density at radius 2 is 1.71 bits per heavy atom. The molecule has 2 aliphatic rings. The molecule has 6 nitrogen and oxygen atoms in total. The van der Waals surface area contributed by atoms with Gasteiger partial charge in [-0.2, -0.15) is 0 Å². The van der Waals surface area contributed by atoms with Crippen LogP contribution in [0.15, 0.2) is 72.8 Å². The maximum Gasteiger partial charge on any atom is 0.263 e. The molecule has 7 heteroatoms. The summed E-state index contributed by atoms with van der Waals surface area (Å²) in [5, 5.41) is 3.04. The molecule has 0 aromatic heterocycles. The zero-order valence-electron chi connectivity index (χ0n) is 19.8. The molecule has 0 bridgehead atoms. The van der Waals surface area contributed by atoms with Crippen LogP contribution in [0.25, 0.3) is 0 Å². The number of sulfonamides is 1. The number of fused-ring (bicyclic) bond motifs is 2. The summed E-state index contributed by atoms with van der Waals surface area (Å²) in [6, 6.07) is 22.2. The van der Waals surface area contributed by atoms with Crippen LogP contribution in [0.5, 0.6) is 5.75 Å². The van der Waals surface area contributed by atoms with E-state index in [4.69, 9.17) is 4.74 Å². The van der Waals surface area contributed by atoms with Gasteiger partial charge in [-0.15, -0.1) is 0 Å². The van der Waals surface area contributed by atoms with E-state index in [1.807, 2.05) is 25.1 Å². The smallest absolute Gasteiger partial charge is 0.263 e. The fourth-order valence-corrected chi connectivity index (χ4v) is 6.46. The molecule has 3 aromatic rings. The van der Waals surface area contributed by atoms with Gasteiger partial charge in [0, 0.05) is 0 Å². The summed E-state index contributed by atoms with van der Waals surface area (Å²) < 4.78 is 34.1. The molecule has 0 spiro atoms. The number of carbonyl (C=O) groups is 1. The van der Waals surface area contributed by atoms with Gasteiger partial charge in [0.1, 0.15) is 5.75 Å². The van der Waals surface area contributed by atoms with Crippen LogP contribution < -0.4 is 14.4 Å². The van der Waals surface area contributed by atoms with Gasteiger partial charge in [-0.25, -0.2) is 8.42 Å². The molecule has 0 unspecified atom stereocenters. The first-order valence-electron chi connectivity index (χ1n) is 12.1.